The van der Waals surface area contributed by atoms with Gasteiger partial charge in [-0.3, -0.25) is 15.0 Å². The van der Waals surface area contributed by atoms with E-state index in [1.807, 2.05) is 4.90 Å². The second-order valence-corrected chi connectivity index (χ2v) is 9.17. The Morgan fingerprint density at radius 2 is 1.72 bits per heavy atom. The minimum absolute atomic E-state index is 0.0182. The first-order valence-corrected chi connectivity index (χ1v) is 10.9. The molecule has 2 aromatic carbocycles. The van der Waals surface area contributed by atoms with Crippen LogP contribution in [-0.2, 0) is 16.6 Å². The summed E-state index contributed by atoms with van der Waals surface area (Å²) in [7, 11) is -2.32. The molecule has 3 rings (SSSR count). The molecule has 0 amide bonds. The van der Waals surface area contributed by atoms with Crippen LogP contribution in [0.2, 0.25) is 10.0 Å². The predicted molar refractivity (Wildman–Crippen MR) is 110 cm³/mol. The summed E-state index contributed by atoms with van der Waals surface area (Å²) in [6.07, 6.45) is 0. The lowest BCUT2D eigenvalue weighted by atomic mass is 10.1. The molecule has 1 aliphatic heterocycles. The van der Waals surface area contributed by atoms with Gasteiger partial charge in [-0.05, 0) is 18.2 Å². The van der Waals surface area contributed by atoms with Crippen LogP contribution in [0.15, 0.2) is 41.3 Å². The maximum Gasteiger partial charge on any atom is 0.270 e. The van der Waals surface area contributed by atoms with E-state index in [0.29, 0.717) is 30.9 Å². The first-order chi connectivity index (χ1) is 13.7. The second kappa shape index (κ2) is 8.85. The number of sulfonamides is 1. The number of nitrogens with zero attached hydrogens (tertiary/aromatic N) is 3. The molecule has 1 aliphatic rings. The fourth-order valence-corrected chi connectivity index (χ4v) is 5.74. The lowest BCUT2D eigenvalue weighted by molar-refractivity contribution is -0.385. The van der Waals surface area contributed by atoms with Gasteiger partial charge in [-0.25, -0.2) is 8.42 Å². The van der Waals surface area contributed by atoms with Crippen molar-refractivity contribution in [3.63, 3.8) is 0 Å². The van der Waals surface area contributed by atoms with Crippen LogP contribution in [-0.4, -0.2) is 55.8 Å². The molecule has 0 aliphatic carbocycles. The van der Waals surface area contributed by atoms with E-state index in [2.05, 4.69) is 0 Å². The summed E-state index contributed by atoms with van der Waals surface area (Å²) in [6.45, 7) is 1.81. The quantitative estimate of drug-likeness (QED) is 0.485. The molecular formula is C18H19Cl2N3O5S. The normalized spacial score (nSPS) is 16.0. The summed E-state index contributed by atoms with van der Waals surface area (Å²) in [4.78, 5) is 12.5. The Hall–Kier alpha value is -1.91. The van der Waals surface area contributed by atoms with Crippen LogP contribution >= 0.6 is 23.2 Å². The van der Waals surface area contributed by atoms with Crippen LogP contribution in [0.25, 0.3) is 0 Å². The molecule has 29 heavy (non-hydrogen) atoms. The van der Waals surface area contributed by atoms with Crippen LogP contribution in [0.4, 0.5) is 5.69 Å². The summed E-state index contributed by atoms with van der Waals surface area (Å²) in [5.74, 6) is 0.550. The van der Waals surface area contributed by atoms with Gasteiger partial charge in [0.05, 0.1) is 22.1 Å². The lowest BCUT2D eigenvalue weighted by Gasteiger charge is -2.34. The minimum Gasteiger partial charge on any atom is -0.496 e. The van der Waals surface area contributed by atoms with Gasteiger partial charge in [-0.15, -0.1) is 0 Å². The molecule has 0 saturated carbocycles. The van der Waals surface area contributed by atoms with Gasteiger partial charge in [-0.2, -0.15) is 4.31 Å². The number of hydrogen-bond acceptors (Lipinski definition) is 6. The zero-order valence-electron chi connectivity index (χ0n) is 15.5. The van der Waals surface area contributed by atoms with E-state index in [-0.39, 0.29) is 33.7 Å². The Morgan fingerprint density at radius 1 is 1.10 bits per heavy atom. The Balaban J connectivity index is 1.73. The largest absolute Gasteiger partial charge is 0.496 e. The standard InChI is InChI=1S/C18H19Cl2N3O5S/c1-28-17-6-5-14(23(24)25)11-13(17)12-21-7-9-22(10-8-21)29(26,27)18-15(19)3-2-4-16(18)20/h2-6,11H,7-10,12H2,1H3. The third-order valence-electron chi connectivity index (χ3n) is 4.72. The lowest BCUT2D eigenvalue weighted by Crippen LogP contribution is -2.48. The molecule has 2 aromatic rings. The molecular weight excluding hydrogens is 441 g/mol. The summed E-state index contributed by atoms with van der Waals surface area (Å²) < 4.78 is 32.6. The van der Waals surface area contributed by atoms with Crippen molar-refractivity contribution in [2.24, 2.45) is 0 Å². The predicted octanol–water partition coefficient (Wildman–Crippen LogP) is 3.42. The first-order valence-electron chi connectivity index (χ1n) is 8.72. The number of benzene rings is 2. The fourth-order valence-electron chi connectivity index (χ4n) is 3.23. The summed E-state index contributed by atoms with van der Waals surface area (Å²) in [6, 6.07) is 9.00. The van der Waals surface area contributed by atoms with Crippen LogP contribution in [0.5, 0.6) is 5.75 Å². The van der Waals surface area contributed by atoms with E-state index in [1.54, 1.807) is 12.1 Å². The molecule has 0 bridgehead atoms. The minimum atomic E-state index is -3.82. The number of methoxy groups -OCH3 is 1. The van der Waals surface area contributed by atoms with Gasteiger partial charge in [-0.1, -0.05) is 29.3 Å². The van der Waals surface area contributed by atoms with Crippen LogP contribution in [0.1, 0.15) is 5.56 Å². The van der Waals surface area contributed by atoms with E-state index < -0.39 is 14.9 Å². The van der Waals surface area contributed by atoms with Crippen LogP contribution in [0.3, 0.4) is 0 Å². The highest BCUT2D eigenvalue weighted by atomic mass is 35.5. The third kappa shape index (κ3) is 4.65. The SMILES string of the molecule is COc1ccc([N+](=O)[O-])cc1CN1CCN(S(=O)(=O)c2c(Cl)cccc2Cl)CC1. The molecule has 1 fully saturated rings. The molecule has 0 N–H and O–H groups in total. The topological polar surface area (TPSA) is 93.0 Å². The zero-order valence-corrected chi connectivity index (χ0v) is 17.9. The van der Waals surface area contributed by atoms with Crippen LogP contribution < -0.4 is 4.74 Å². The van der Waals surface area contributed by atoms with Gasteiger partial charge in [0.25, 0.3) is 5.69 Å². The summed E-state index contributed by atoms with van der Waals surface area (Å²) in [5, 5.41) is 11.2. The van der Waals surface area contributed by atoms with Crippen molar-refractivity contribution in [1.29, 1.82) is 0 Å². The highest BCUT2D eigenvalue weighted by molar-refractivity contribution is 7.89. The Bertz CT molecular complexity index is 1000. The Labute approximate surface area is 178 Å². The number of nitro groups is 1. The smallest absolute Gasteiger partial charge is 0.270 e. The monoisotopic (exact) mass is 459 g/mol. The Kier molecular flexibility index (Phi) is 6.65. The summed E-state index contributed by atoms with van der Waals surface area (Å²) in [5.41, 5.74) is 0.655. The van der Waals surface area contributed by atoms with Gasteiger partial charge in [0, 0.05) is 50.4 Å². The molecule has 1 saturated heterocycles. The van der Waals surface area contributed by atoms with E-state index in [0.717, 1.165) is 0 Å². The number of halogens is 2. The molecule has 0 unspecified atom stereocenters. The van der Waals surface area contributed by atoms with Crippen molar-refractivity contribution < 1.29 is 18.1 Å². The molecule has 0 radical (unpaired) electrons. The number of ether oxygens (including phenoxy) is 1. The molecule has 0 atom stereocenters. The number of piperazine rings is 1. The van der Waals surface area contributed by atoms with Gasteiger partial charge in [0.2, 0.25) is 10.0 Å². The van der Waals surface area contributed by atoms with Gasteiger partial charge < -0.3 is 4.74 Å². The van der Waals surface area contributed by atoms with E-state index >= 15 is 0 Å². The van der Waals surface area contributed by atoms with Gasteiger partial charge >= 0.3 is 0 Å². The van der Waals surface area contributed by atoms with Crippen molar-refractivity contribution >= 4 is 38.9 Å². The van der Waals surface area contributed by atoms with Crippen LogP contribution in [0, 0.1) is 10.1 Å². The van der Waals surface area contributed by atoms with E-state index in [1.165, 1.54) is 35.7 Å². The number of non-ortho nitro benzene ring substituents is 1. The number of nitro benzene ring substituents is 1. The second-order valence-electron chi connectivity index (χ2n) is 6.48. The molecule has 156 valence electrons. The van der Waals surface area contributed by atoms with Crippen molar-refractivity contribution in [2.75, 3.05) is 33.3 Å². The molecule has 0 aromatic heterocycles. The third-order valence-corrected chi connectivity index (χ3v) is 7.57. The first kappa shape index (κ1) is 21.8. The molecule has 11 heteroatoms. The number of hydrogen-bond donors (Lipinski definition) is 0. The van der Waals surface area contributed by atoms with Crippen molar-refractivity contribution in [3.8, 4) is 5.75 Å². The van der Waals surface area contributed by atoms with Crippen molar-refractivity contribution in [2.45, 2.75) is 11.4 Å². The van der Waals surface area contributed by atoms with Crippen molar-refractivity contribution in [1.82, 2.24) is 9.21 Å². The highest BCUT2D eigenvalue weighted by Crippen LogP contribution is 2.32. The molecule has 1 heterocycles. The molecule has 0 spiro atoms. The van der Waals surface area contributed by atoms with E-state index in [4.69, 9.17) is 27.9 Å². The number of rotatable bonds is 6. The van der Waals surface area contributed by atoms with E-state index in [9.17, 15) is 18.5 Å². The maximum absolute atomic E-state index is 13.0. The average Bonchev–Trinajstić information content (AvgIpc) is 2.68. The molecule has 8 nitrogen and oxygen atoms in total. The summed E-state index contributed by atoms with van der Waals surface area (Å²) >= 11 is 12.1. The average molecular weight is 460 g/mol. The fraction of sp³-hybridized carbons (Fsp3) is 0.333. The van der Waals surface area contributed by atoms with Crippen molar-refractivity contribution in [3.05, 3.63) is 62.1 Å². The van der Waals surface area contributed by atoms with Gasteiger partial charge in [0.15, 0.2) is 0 Å². The highest BCUT2D eigenvalue weighted by Gasteiger charge is 2.32. The zero-order chi connectivity index (χ0) is 21.2. The maximum atomic E-state index is 13.0. The Morgan fingerprint density at radius 3 is 2.28 bits per heavy atom. The van der Waals surface area contributed by atoms with Gasteiger partial charge in [0.1, 0.15) is 10.6 Å².